The Kier molecular flexibility index (Phi) is 5.08. The van der Waals surface area contributed by atoms with Crippen molar-refractivity contribution in [2.45, 2.75) is 37.6 Å². The minimum Gasteiger partial charge on any atom is -0.370 e. The second-order valence-electron chi connectivity index (χ2n) is 7.34. The lowest BCUT2D eigenvalue weighted by Gasteiger charge is -2.53. The maximum absolute atomic E-state index is 13.0. The Morgan fingerprint density at radius 2 is 1.89 bits per heavy atom. The minimum absolute atomic E-state index is 0.0807. The van der Waals surface area contributed by atoms with Gasteiger partial charge in [0.15, 0.2) is 5.72 Å². The fraction of sp³-hybridized carbons (Fsp3) is 0.333. The van der Waals surface area contributed by atoms with Crippen molar-refractivity contribution in [3.63, 3.8) is 0 Å². The Labute approximate surface area is 173 Å². The largest absolute Gasteiger partial charge is 0.370 e. The van der Waals surface area contributed by atoms with Gasteiger partial charge in [-0.05, 0) is 36.1 Å². The molecule has 1 saturated heterocycles. The van der Waals surface area contributed by atoms with Gasteiger partial charge in [0.05, 0.1) is 18.5 Å². The van der Waals surface area contributed by atoms with Gasteiger partial charge in [0.25, 0.3) is 0 Å². The predicted molar refractivity (Wildman–Crippen MR) is 107 cm³/mol. The van der Waals surface area contributed by atoms with E-state index in [1.54, 1.807) is 18.2 Å². The predicted octanol–water partition coefficient (Wildman–Crippen LogP) is 4.32. The van der Waals surface area contributed by atoms with Gasteiger partial charge in [-0.3, -0.25) is 9.69 Å². The summed E-state index contributed by atoms with van der Waals surface area (Å²) >= 11 is 12.4. The summed E-state index contributed by atoms with van der Waals surface area (Å²) in [4.78, 5) is 27.3. The zero-order valence-electron chi connectivity index (χ0n) is 15.1. The van der Waals surface area contributed by atoms with E-state index in [1.165, 1.54) is 4.90 Å². The molecule has 2 aromatic rings. The molecule has 1 aliphatic carbocycles. The molecule has 1 saturated carbocycles. The third-order valence-electron chi connectivity index (χ3n) is 5.62. The number of fused-ring (bicyclic) bond motifs is 1. The highest BCUT2D eigenvalue weighted by atomic mass is 35.5. The number of nitrogens with one attached hydrogen (secondary N) is 1. The van der Waals surface area contributed by atoms with Crippen molar-refractivity contribution in [2.75, 3.05) is 0 Å². The summed E-state index contributed by atoms with van der Waals surface area (Å²) in [5.41, 5.74) is -0.107. The number of amides is 2. The molecule has 2 N–H and O–H groups in total. The first-order valence-electron chi connectivity index (χ1n) is 9.22. The van der Waals surface area contributed by atoms with Gasteiger partial charge in [-0.1, -0.05) is 59.6 Å². The van der Waals surface area contributed by atoms with Crippen LogP contribution in [0.4, 0.5) is 4.79 Å². The third-order valence-corrected chi connectivity index (χ3v) is 6.18. The molecular weight excluding hydrogens is 399 g/mol. The molecule has 0 bridgehead atoms. The number of urea groups is 1. The summed E-state index contributed by atoms with van der Waals surface area (Å²) in [7, 11) is 0. The van der Waals surface area contributed by atoms with E-state index in [-0.39, 0.29) is 12.3 Å². The van der Waals surface area contributed by atoms with Gasteiger partial charge in [-0.2, -0.15) is 0 Å². The summed E-state index contributed by atoms with van der Waals surface area (Å²) in [6.07, 6.45) is 1.24. The molecule has 146 valence electrons. The molecular formula is C21H20Cl2N2O3. The Bertz CT molecular complexity index is 921. The first-order valence-corrected chi connectivity index (χ1v) is 9.98. The molecule has 3 atom stereocenters. The van der Waals surface area contributed by atoms with Crippen molar-refractivity contribution in [1.29, 1.82) is 0 Å². The van der Waals surface area contributed by atoms with Crippen LogP contribution in [0.2, 0.25) is 10.0 Å². The average molecular weight is 419 g/mol. The van der Waals surface area contributed by atoms with Gasteiger partial charge >= 0.3 is 6.03 Å². The molecule has 0 spiro atoms. The van der Waals surface area contributed by atoms with Crippen LogP contribution in [-0.4, -0.2) is 27.5 Å². The van der Waals surface area contributed by atoms with Crippen molar-refractivity contribution in [1.82, 2.24) is 10.2 Å². The van der Waals surface area contributed by atoms with Crippen molar-refractivity contribution < 1.29 is 14.7 Å². The van der Waals surface area contributed by atoms with E-state index >= 15 is 0 Å². The summed E-state index contributed by atoms with van der Waals surface area (Å²) in [6, 6.07) is 13.2. The first kappa shape index (κ1) is 19.2. The number of aliphatic hydroxyl groups is 1. The van der Waals surface area contributed by atoms with Crippen LogP contribution >= 0.6 is 23.2 Å². The fourth-order valence-corrected chi connectivity index (χ4v) is 4.83. The molecule has 0 unspecified atom stereocenters. The van der Waals surface area contributed by atoms with Crippen LogP contribution < -0.4 is 5.32 Å². The van der Waals surface area contributed by atoms with Crippen molar-refractivity contribution >= 4 is 35.0 Å². The van der Waals surface area contributed by atoms with Crippen LogP contribution in [0.1, 0.15) is 36.4 Å². The summed E-state index contributed by atoms with van der Waals surface area (Å²) in [5, 5.41) is 15.3. The van der Waals surface area contributed by atoms with Gasteiger partial charge in [0.1, 0.15) is 5.78 Å². The lowest BCUT2D eigenvalue weighted by molar-refractivity contribution is -0.180. The van der Waals surface area contributed by atoms with E-state index in [1.807, 2.05) is 30.3 Å². The molecule has 0 radical (unpaired) electrons. The monoisotopic (exact) mass is 418 g/mol. The van der Waals surface area contributed by atoms with Gasteiger partial charge in [0, 0.05) is 16.5 Å². The molecule has 2 fully saturated rings. The Morgan fingerprint density at radius 1 is 1.14 bits per heavy atom. The van der Waals surface area contributed by atoms with E-state index in [4.69, 9.17) is 23.2 Å². The molecule has 2 amide bonds. The van der Waals surface area contributed by atoms with Crippen LogP contribution in [0.5, 0.6) is 0 Å². The molecule has 1 heterocycles. The lowest BCUT2D eigenvalue weighted by Crippen LogP contribution is -2.69. The summed E-state index contributed by atoms with van der Waals surface area (Å²) < 4.78 is 0. The van der Waals surface area contributed by atoms with E-state index in [0.29, 0.717) is 34.9 Å². The molecule has 5 nitrogen and oxygen atoms in total. The van der Waals surface area contributed by atoms with Crippen molar-refractivity contribution in [3.05, 3.63) is 69.7 Å². The lowest BCUT2D eigenvalue weighted by atomic mass is 9.71. The number of carbonyl (C=O) groups is 2. The number of rotatable bonds is 3. The standard InChI is InChI=1S/C21H20Cl2N2O3/c22-14-8-9-15(16(23)11-14)19-18-17(26)7-4-10-21(18,28)25(20(27)24-19)12-13-5-2-1-3-6-13/h1-3,5-6,8-9,11,18-19,28H,4,7,10,12H2,(H,24,27)/t18-,19-,21+/m0/s1. The molecule has 0 aromatic heterocycles. The number of halogens is 2. The maximum atomic E-state index is 13.0. The Morgan fingerprint density at radius 3 is 2.61 bits per heavy atom. The topological polar surface area (TPSA) is 69.6 Å². The summed E-state index contributed by atoms with van der Waals surface area (Å²) in [6.45, 7) is 0.216. The number of nitrogens with zero attached hydrogens (tertiary/aromatic N) is 1. The highest BCUT2D eigenvalue weighted by Crippen LogP contribution is 2.46. The quantitative estimate of drug-likeness (QED) is 0.779. The minimum atomic E-state index is -1.57. The molecule has 1 aliphatic heterocycles. The first-order chi connectivity index (χ1) is 13.4. The number of hydrogen-bond donors (Lipinski definition) is 2. The highest BCUT2D eigenvalue weighted by molar-refractivity contribution is 6.35. The van der Waals surface area contributed by atoms with Gasteiger partial charge in [-0.15, -0.1) is 0 Å². The van der Waals surface area contributed by atoms with Crippen LogP contribution in [-0.2, 0) is 11.3 Å². The SMILES string of the molecule is O=C1CCC[C@@]2(O)[C@@H]1[C@H](c1ccc(Cl)cc1Cl)NC(=O)N2Cc1ccccc1. The van der Waals surface area contributed by atoms with Gasteiger partial charge < -0.3 is 10.4 Å². The molecule has 2 aliphatic rings. The van der Waals surface area contributed by atoms with Crippen molar-refractivity contribution in [3.8, 4) is 0 Å². The second kappa shape index (κ2) is 7.39. The van der Waals surface area contributed by atoms with E-state index in [0.717, 1.165) is 5.56 Å². The zero-order valence-corrected chi connectivity index (χ0v) is 16.6. The van der Waals surface area contributed by atoms with Crippen LogP contribution in [0, 0.1) is 5.92 Å². The fourth-order valence-electron chi connectivity index (χ4n) is 4.30. The third kappa shape index (κ3) is 3.28. The number of ketones is 1. The highest BCUT2D eigenvalue weighted by Gasteiger charge is 2.57. The number of benzene rings is 2. The smallest absolute Gasteiger partial charge is 0.320 e. The normalized spacial score (nSPS) is 27.3. The van der Waals surface area contributed by atoms with E-state index in [9.17, 15) is 14.7 Å². The van der Waals surface area contributed by atoms with Gasteiger partial charge in [0.2, 0.25) is 0 Å². The summed E-state index contributed by atoms with van der Waals surface area (Å²) in [5.74, 6) is -0.885. The average Bonchev–Trinajstić information content (AvgIpc) is 2.65. The van der Waals surface area contributed by atoms with E-state index in [2.05, 4.69) is 5.32 Å². The molecule has 4 rings (SSSR count). The Balaban J connectivity index is 1.75. The Hall–Kier alpha value is -2.08. The number of hydrogen-bond acceptors (Lipinski definition) is 3. The molecule has 28 heavy (non-hydrogen) atoms. The van der Waals surface area contributed by atoms with Gasteiger partial charge in [-0.25, -0.2) is 4.79 Å². The molecule has 2 aromatic carbocycles. The molecule has 7 heteroatoms. The van der Waals surface area contributed by atoms with E-state index < -0.39 is 23.7 Å². The van der Waals surface area contributed by atoms with Crippen molar-refractivity contribution in [2.24, 2.45) is 5.92 Å². The number of carbonyl (C=O) groups excluding carboxylic acids is 2. The second-order valence-corrected chi connectivity index (χ2v) is 8.18. The van der Waals surface area contributed by atoms with Crippen LogP contribution in [0.15, 0.2) is 48.5 Å². The van der Waals surface area contributed by atoms with Crippen LogP contribution in [0.25, 0.3) is 0 Å². The van der Waals surface area contributed by atoms with Crippen LogP contribution in [0.3, 0.4) is 0 Å². The maximum Gasteiger partial charge on any atom is 0.320 e. The number of Topliss-reactive ketones (excluding diaryl/α,β-unsaturated/α-hetero) is 1. The zero-order chi connectivity index (χ0) is 19.9.